The van der Waals surface area contributed by atoms with Crippen molar-refractivity contribution >= 4 is 23.2 Å². The molecule has 1 aromatic heterocycles. The van der Waals surface area contributed by atoms with E-state index >= 15 is 0 Å². The summed E-state index contributed by atoms with van der Waals surface area (Å²) in [4.78, 5) is 39.4. The number of hydrogen-bond donors (Lipinski definition) is 1. The number of nitrogens with zero attached hydrogens (tertiary/aromatic N) is 3. The van der Waals surface area contributed by atoms with E-state index in [0.29, 0.717) is 5.69 Å². The molecule has 7 heteroatoms. The molecule has 1 aliphatic heterocycles. The molecule has 0 fully saturated rings. The number of aryl methyl sites for hydroxylation is 2. The first-order chi connectivity index (χ1) is 14.9. The molecule has 0 saturated carbocycles. The Hall–Kier alpha value is -3.74. The van der Waals surface area contributed by atoms with Crippen LogP contribution in [0.25, 0.3) is 0 Å². The number of carbonyl (C=O) groups is 2. The van der Waals surface area contributed by atoms with Gasteiger partial charge in [0.2, 0.25) is 5.91 Å². The van der Waals surface area contributed by atoms with Gasteiger partial charge < -0.3 is 10.2 Å². The Kier molecular flexibility index (Phi) is 5.66. The molecule has 0 aliphatic carbocycles. The van der Waals surface area contributed by atoms with Crippen molar-refractivity contribution in [3.63, 3.8) is 0 Å². The summed E-state index contributed by atoms with van der Waals surface area (Å²) < 4.78 is 1.18. The van der Waals surface area contributed by atoms with Gasteiger partial charge in [-0.3, -0.25) is 14.4 Å². The van der Waals surface area contributed by atoms with Crippen molar-refractivity contribution in [2.75, 3.05) is 10.2 Å². The summed E-state index contributed by atoms with van der Waals surface area (Å²) >= 11 is 0. The van der Waals surface area contributed by atoms with Gasteiger partial charge in [0, 0.05) is 29.9 Å². The number of carbonyl (C=O) groups excluding carboxylic acids is 2. The highest BCUT2D eigenvalue weighted by molar-refractivity contribution is 6.02. The van der Waals surface area contributed by atoms with Crippen molar-refractivity contribution < 1.29 is 9.59 Å². The maximum absolute atomic E-state index is 12.9. The summed E-state index contributed by atoms with van der Waals surface area (Å²) in [7, 11) is 0. The van der Waals surface area contributed by atoms with Crippen LogP contribution in [0.2, 0.25) is 0 Å². The number of para-hydroxylation sites is 1. The third-order valence-corrected chi connectivity index (χ3v) is 5.42. The van der Waals surface area contributed by atoms with Gasteiger partial charge in [0.25, 0.3) is 11.5 Å². The van der Waals surface area contributed by atoms with Crippen LogP contribution in [0.1, 0.15) is 35.0 Å². The Balaban J connectivity index is 1.45. The zero-order chi connectivity index (χ0) is 22.0. The van der Waals surface area contributed by atoms with Crippen molar-refractivity contribution in [1.82, 2.24) is 9.78 Å². The molecule has 2 amide bonds. The Bertz CT molecular complexity index is 1180. The fourth-order valence-electron chi connectivity index (χ4n) is 3.83. The Morgan fingerprint density at radius 3 is 2.58 bits per heavy atom. The topological polar surface area (TPSA) is 84.3 Å². The predicted molar refractivity (Wildman–Crippen MR) is 119 cm³/mol. The van der Waals surface area contributed by atoms with Crippen molar-refractivity contribution in [2.24, 2.45) is 0 Å². The van der Waals surface area contributed by atoms with Crippen LogP contribution in [0, 0.1) is 6.92 Å². The molecule has 1 atom stereocenters. The molecule has 2 aromatic carbocycles. The summed E-state index contributed by atoms with van der Waals surface area (Å²) in [5, 5.41) is 6.94. The van der Waals surface area contributed by atoms with E-state index in [9.17, 15) is 14.4 Å². The van der Waals surface area contributed by atoms with Crippen molar-refractivity contribution in [3.8, 4) is 0 Å². The molecule has 1 N–H and O–H groups in total. The van der Waals surface area contributed by atoms with Crippen LogP contribution in [0.5, 0.6) is 0 Å². The quantitative estimate of drug-likeness (QED) is 0.692. The van der Waals surface area contributed by atoms with E-state index in [2.05, 4.69) is 10.4 Å². The maximum Gasteiger partial charge on any atom is 0.276 e. The molecule has 3 aromatic rings. The highest BCUT2D eigenvalue weighted by Crippen LogP contribution is 2.32. The first-order valence-electron chi connectivity index (χ1n) is 10.3. The van der Waals surface area contributed by atoms with Crippen LogP contribution in [0.15, 0.2) is 65.5 Å². The Morgan fingerprint density at radius 2 is 1.81 bits per heavy atom. The lowest BCUT2D eigenvalue weighted by Gasteiger charge is -2.22. The van der Waals surface area contributed by atoms with Crippen molar-refractivity contribution in [3.05, 3.63) is 87.8 Å². The smallest absolute Gasteiger partial charge is 0.276 e. The Labute approximate surface area is 180 Å². The third-order valence-electron chi connectivity index (χ3n) is 5.42. The normalized spacial score (nSPS) is 14.9. The highest BCUT2D eigenvalue weighted by Gasteiger charge is 2.30. The van der Waals surface area contributed by atoms with Crippen LogP contribution in [-0.2, 0) is 17.8 Å². The second kappa shape index (κ2) is 8.55. The fraction of sp³-hybridized carbons (Fsp3) is 0.250. The van der Waals surface area contributed by atoms with Gasteiger partial charge >= 0.3 is 0 Å². The van der Waals surface area contributed by atoms with Gasteiger partial charge in [0.1, 0.15) is 5.69 Å². The zero-order valence-electron chi connectivity index (χ0n) is 17.5. The second-order valence-corrected chi connectivity index (χ2v) is 7.80. The van der Waals surface area contributed by atoms with Crippen molar-refractivity contribution in [2.45, 2.75) is 39.3 Å². The standard InChI is InChI=1S/C24H24N4O3/c1-16-7-9-19(10-8-16)25-24(31)20-11-12-22(29)27(26-20)14-13-23(30)28-17(2)15-18-5-3-4-6-21(18)28/h3-12,17H,13-15H2,1-2H3,(H,25,31)/t17-/m0/s1. The minimum absolute atomic E-state index is 0.0688. The first kappa shape index (κ1) is 20.5. The van der Waals surface area contributed by atoms with E-state index in [4.69, 9.17) is 0 Å². The van der Waals surface area contributed by atoms with Gasteiger partial charge in [-0.2, -0.15) is 5.10 Å². The van der Waals surface area contributed by atoms with Gasteiger partial charge in [-0.1, -0.05) is 35.9 Å². The fourth-order valence-corrected chi connectivity index (χ4v) is 3.83. The molecule has 31 heavy (non-hydrogen) atoms. The average molecular weight is 416 g/mol. The lowest BCUT2D eigenvalue weighted by molar-refractivity contribution is -0.119. The summed E-state index contributed by atoms with van der Waals surface area (Å²) in [6.45, 7) is 4.08. The molecule has 1 aliphatic rings. The maximum atomic E-state index is 12.9. The number of amides is 2. The van der Waals surface area contributed by atoms with Gasteiger partial charge in [0.05, 0.1) is 6.54 Å². The average Bonchev–Trinajstić information content (AvgIpc) is 3.10. The molecular formula is C24H24N4O3. The Morgan fingerprint density at radius 1 is 1.06 bits per heavy atom. The summed E-state index contributed by atoms with van der Waals surface area (Å²) in [5.41, 5.74) is 3.57. The second-order valence-electron chi connectivity index (χ2n) is 7.80. The van der Waals surface area contributed by atoms with Crippen LogP contribution in [0.3, 0.4) is 0 Å². The van der Waals surface area contributed by atoms with Crippen LogP contribution < -0.4 is 15.8 Å². The molecule has 0 unspecified atom stereocenters. The molecule has 0 spiro atoms. The molecular weight excluding hydrogens is 392 g/mol. The number of hydrogen-bond acceptors (Lipinski definition) is 4. The largest absolute Gasteiger partial charge is 0.321 e. The highest BCUT2D eigenvalue weighted by atomic mass is 16.2. The lowest BCUT2D eigenvalue weighted by Crippen LogP contribution is -2.37. The monoisotopic (exact) mass is 416 g/mol. The molecule has 7 nitrogen and oxygen atoms in total. The SMILES string of the molecule is Cc1ccc(NC(=O)c2ccc(=O)n(CCC(=O)N3c4ccccc4C[C@@H]3C)n2)cc1. The van der Waals surface area contributed by atoms with Crippen LogP contribution in [0.4, 0.5) is 11.4 Å². The van der Waals surface area contributed by atoms with Crippen LogP contribution >= 0.6 is 0 Å². The number of aromatic nitrogens is 2. The number of nitrogens with one attached hydrogen (secondary N) is 1. The van der Waals surface area contributed by atoms with Gasteiger partial charge in [-0.05, 0) is 50.1 Å². The minimum Gasteiger partial charge on any atom is -0.321 e. The van der Waals surface area contributed by atoms with Gasteiger partial charge in [-0.25, -0.2) is 4.68 Å². The molecule has 158 valence electrons. The summed E-state index contributed by atoms with van der Waals surface area (Å²) in [5.74, 6) is -0.480. The molecule has 0 bridgehead atoms. The van der Waals surface area contributed by atoms with E-state index in [1.165, 1.54) is 16.8 Å². The number of fused-ring (bicyclic) bond motifs is 1. The van der Waals surface area contributed by atoms with E-state index in [1.54, 1.807) is 17.0 Å². The summed E-state index contributed by atoms with van der Waals surface area (Å²) in [6.07, 6.45) is 0.934. The van der Waals surface area contributed by atoms with E-state index in [-0.39, 0.29) is 36.2 Å². The minimum atomic E-state index is -0.411. The summed E-state index contributed by atoms with van der Waals surface area (Å²) in [6, 6.07) is 18.0. The molecule has 4 rings (SSSR count). The molecule has 0 saturated heterocycles. The van der Waals surface area contributed by atoms with E-state index < -0.39 is 5.91 Å². The lowest BCUT2D eigenvalue weighted by atomic mass is 10.1. The number of anilines is 2. The zero-order valence-corrected chi connectivity index (χ0v) is 17.5. The van der Waals surface area contributed by atoms with E-state index in [0.717, 1.165) is 23.2 Å². The van der Waals surface area contributed by atoms with Gasteiger partial charge in [-0.15, -0.1) is 0 Å². The number of benzene rings is 2. The van der Waals surface area contributed by atoms with Gasteiger partial charge in [0.15, 0.2) is 0 Å². The first-order valence-corrected chi connectivity index (χ1v) is 10.3. The van der Waals surface area contributed by atoms with E-state index in [1.807, 2.05) is 50.2 Å². The van der Waals surface area contributed by atoms with Crippen LogP contribution in [-0.4, -0.2) is 27.6 Å². The molecule has 0 radical (unpaired) electrons. The predicted octanol–water partition coefficient (Wildman–Crippen LogP) is 3.17. The third kappa shape index (κ3) is 4.40. The number of rotatable bonds is 5. The molecule has 2 heterocycles. The van der Waals surface area contributed by atoms with Crippen molar-refractivity contribution in [1.29, 1.82) is 0 Å².